The Labute approximate surface area is 98.3 Å². The normalized spacial score (nSPS) is 11.9. The maximum absolute atomic E-state index is 9.35. The van der Waals surface area contributed by atoms with Crippen molar-refractivity contribution in [1.29, 1.82) is 0 Å². The van der Waals surface area contributed by atoms with E-state index in [0.29, 0.717) is 5.92 Å². The Morgan fingerprint density at radius 3 is 2.38 bits per heavy atom. The van der Waals surface area contributed by atoms with Gasteiger partial charge >= 0.3 is 0 Å². The Morgan fingerprint density at radius 1 is 1.31 bits per heavy atom. The lowest BCUT2D eigenvalue weighted by molar-refractivity contribution is 0.218. The average molecular weight is 222 g/mol. The van der Waals surface area contributed by atoms with Crippen molar-refractivity contribution in [1.82, 2.24) is 0 Å². The number of aliphatic hydroxyl groups is 1. The van der Waals surface area contributed by atoms with Gasteiger partial charge in [0.15, 0.2) is 0 Å². The minimum Gasteiger partial charge on any atom is -0.496 e. The highest BCUT2D eigenvalue weighted by Crippen LogP contribution is 2.32. The largest absolute Gasteiger partial charge is 0.496 e. The first-order chi connectivity index (χ1) is 7.42. The summed E-state index contributed by atoms with van der Waals surface area (Å²) in [6.07, 6.45) is 0. The van der Waals surface area contributed by atoms with E-state index >= 15 is 0 Å². The smallest absolute Gasteiger partial charge is 0.122 e. The molecule has 0 aliphatic carbocycles. The molecule has 0 fully saturated rings. The van der Waals surface area contributed by atoms with Gasteiger partial charge in [0, 0.05) is 5.41 Å². The number of hydrogen-bond donors (Lipinski definition) is 1. The van der Waals surface area contributed by atoms with E-state index in [2.05, 4.69) is 26.0 Å². The fraction of sp³-hybridized carbons (Fsp3) is 0.571. The minimum atomic E-state index is -0.219. The number of ether oxygens (including phenoxy) is 1. The second-order valence-corrected chi connectivity index (χ2v) is 5.15. The van der Waals surface area contributed by atoms with Crippen LogP contribution in [0.15, 0.2) is 18.2 Å². The quantitative estimate of drug-likeness (QED) is 0.848. The van der Waals surface area contributed by atoms with Crippen molar-refractivity contribution < 1.29 is 9.84 Å². The zero-order valence-electron chi connectivity index (χ0n) is 10.9. The minimum absolute atomic E-state index is 0.136. The Bertz CT molecular complexity index is 354. The molecular formula is C14H22O2. The summed E-state index contributed by atoms with van der Waals surface area (Å²) in [7, 11) is 1.69. The predicted octanol–water partition coefficient (Wildman–Crippen LogP) is 3.09. The molecule has 1 aromatic rings. The zero-order valence-corrected chi connectivity index (χ0v) is 10.9. The number of rotatable bonds is 4. The fourth-order valence-corrected chi connectivity index (χ4v) is 1.70. The maximum Gasteiger partial charge on any atom is 0.122 e. The van der Waals surface area contributed by atoms with Gasteiger partial charge in [-0.05, 0) is 23.1 Å². The second-order valence-electron chi connectivity index (χ2n) is 5.15. The van der Waals surface area contributed by atoms with E-state index in [0.717, 1.165) is 11.3 Å². The van der Waals surface area contributed by atoms with Crippen molar-refractivity contribution in [3.8, 4) is 5.75 Å². The standard InChI is InChI=1S/C14H22O2/c1-10(2)12-7-6-11(8-13(12)16-5)14(3,4)9-15/h6-8,10,15H,9H2,1-5H3. The van der Waals surface area contributed by atoms with Gasteiger partial charge in [0.25, 0.3) is 0 Å². The first-order valence-corrected chi connectivity index (χ1v) is 5.71. The van der Waals surface area contributed by atoms with E-state index in [1.54, 1.807) is 7.11 Å². The van der Waals surface area contributed by atoms with Gasteiger partial charge in [-0.1, -0.05) is 39.8 Å². The molecule has 0 aliphatic heterocycles. The summed E-state index contributed by atoms with van der Waals surface area (Å²) in [5, 5.41) is 9.35. The number of methoxy groups -OCH3 is 1. The molecule has 0 bridgehead atoms. The molecule has 0 aromatic heterocycles. The Morgan fingerprint density at radius 2 is 1.94 bits per heavy atom. The third-order valence-corrected chi connectivity index (χ3v) is 3.03. The van der Waals surface area contributed by atoms with E-state index in [-0.39, 0.29) is 12.0 Å². The van der Waals surface area contributed by atoms with Crippen LogP contribution in [0.2, 0.25) is 0 Å². The summed E-state index contributed by atoms with van der Waals surface area (Å²) in [4.78, 5) is 0. The van der Waals surface area contributed by atoms with Crippen molar-refractivity contribution in [3.63, 3.8) is 0 Å². The fourth-order valence-electron chi connectivity index (χ4n) is 1.70. The molecule has 0 unspecified atom stereocenters. The molecule has 90 valence electrons. The van der Waals surface area contributed by atoms with Gasteiger partial charge in [0.1, 0.15) is 5.75 Å². The van der Waals surface area contributed by atoms with E-state index in [9.17, 15) is 5.11 Å². The van der Waals surface area contributed by atoms with E-state index < -0.39 is 0 Å². The van der Waals surface area contributed by atoms with E-state index in [1.807, 2.05) is 19.9 Å². The lowest BCUT2D eigenvalue weighted by atomic mass is 9.84. The summed E-state index contributed by atoms with van der Waals surface area (Å²) in [6.45, 7) is 8.48. The molecule has 0 amide bonds. The molecule has 0 spiro atoms. The highest BCUT2D eigenvalue weighted by atomic mass is 16.5. The van der Waals surface area contributed by atoms with Crippen LogP contribution in [0.3, 0.4) is 0 Å². The highest BCUT2D eigenvalue weighted by Gasteiger charge is 2.21. The van der Waals surface area contributed by atoms with Crippen LogP contribution >= 0.6 is 0 Å². The third kappa shape index (κ3) is 2.56. The van der Waals surface area contributed by atoms with Crippen LogP contribution in [-0.2, 0) is 5.41 Å². The van der Waals surface area contributed by atoms with Gasteiger partial charge < -0.3 is 9.84 Å². The van der Waals surface area contributed by atoms with Crippen molar-refractivity contribution in [2.45, 2.75) is 39.0 Å². The molecule has 1 N–H and O–H groups in total. The molecule has 0 aliphatic rings. The van der Waals surface area contributed by atoms with E-state index in [1.165, 1.54) is 5.56 Å². The van der Waals surface area contributed by atoms with Crippen LogP contribution in [0.4, 0.5) is 0 Å². The summed E-state index contributed by atoms with van der Waals surface area (Å²) in [6, 6.07) is 6.20. The van der Waals surface area contributed by atoms with Gasteiger partial charge in [-0.15, -0.1) is 0 Å². The predicted molar refractivity (Wildman–Crippen MR) is 67.2 cm³/mol. The molecule has 1 rings (SSSR count). The van der Waals surface area contributed by atoms with Gasteiger partial charge in [-0.25, -0.2) is 0 Å². The first kappa shape index (κ1) is 13.0. The number of benzene rings is 1. The van der Waals surface area contributed by atoms with Crippen LogP contribution in [-0.4, -0.2) is 18.8 Å². The highest BCUT2D eigenvalue weighted by molar-refractivity contribution is 5.41. The molecular weight excluding hydrogens is 200 g/mol. The molecule has 16 heavy (non-hydrogen) atoms. The summed E-state index contributed by atoms with van der Waals surface area (Å²) >= 11 is 0. The van der Waals surface area contributed by atoms with Crippen LogP contribution in [0.25, 0.3) is 0 Å². The molecule has 2 heteroatoms. The molecule has 0 heterocycles. The molecule has 2 nitrogen and oxygen atoms in total. The first-order valence-electron chi connectivity index (χ1n) is 5.71. The topological polar surface area (TPSA) is 29.5 Å². The second kappa shape index (κ2) is 4.88. The monoisotopic (exact) mass is 222 g/mol. The maximum atomic E-state index is 9.35. The molecule has 0 saturated heterocycles. The van der Waals surface area contributed by atoms with Gasteiger partial charge in [0.2, 0.25) is 0 Å². The van der Waals surface area contributed by atoms with Crippen molar-refractivity contribution in [3.05, 3.63) is 29.3 Å². The third-order valence-electron chi connectivity index (χ3n) is 3.03. The Balaban J connectivity index is 3.19. The summed E-state index contributed by atoms with van der Waals surface area (Å²) in [5.74, 6) is 1.36. The molecule has 0 atom stereocenters. The summed E-state index contributed by atoms with van der Waals surface area (Å²) < 4.78 is 5.41. The van der Waals surface area contributed by atoms with Crippen molar-refractivity contribution in [2.75, 3.05) is 13.7 Å². The van der Waals surface area contributed by atoms with Gasteiger partial charge in [-0.2, -0.15) is 0 Å². The van der Waals surface area contributed by atoms with Crippen LogP contribution in [0, 0.1) is 0 Å². The van der Waals surface area contributed by atoms with Crippen LogP contribution in [0.1, 0.15) is 44.7 Å². The van der Waals surface area contributed by atoms with Gasteiger partial charge in [0.05, 0.1) is 13.7 Å². The molecule has 1 aromatic carbocycles. The molecule has 0 saturated carbocycles. The lowest BCUT2D eigenvalue weighted by Gasteiger charge is -2.24. The molecule has 0 radical (unpaired) electrons. The lowest BCUT2D eigenvalue weighted by Crippen LogP contribution is -2.22. The van der Waals surface area contributed by atoms with Crippen LogP contribution < -0.4 is 4.74 Å². The number of hydrogen-bond acceptors (Lipinski definition) is 2. The van der Waals surface area contributed by atoms with Gasteiger partial charge in [-0.3, -0.25) is 0 Å². The van der Waals surface area contributed by atoms with Crippen molar-refractivity contribution >= 4 is 0 Å². The number of aliphatic hydroxyl groups excluding tert-OH is 1. The van der Waals surface area contributed by atoms with Crippen LogP contribution in [0.5, 0.6) is 5.75 Å². The Kier molecular flexibility index (Phi) is 3.98. The van der Waals surface area contributed by atoms with E-state index in [4.69, 9.17) is 4.74 Å². The Hall–Kier alpha value is -1.02. The SMILES string of the molecule is COc1cc(C(C)(C)CO)ccc1C(C)C. The zero-order chi connectivity index (χ0) is 12.3. The average Bonchev–Trinajstić information content (AvgIpc) is 2.27. The summed E-state index contributed by atoms with van der Waals surface area (Å²) in [5.41, 5.74) is 2.10. The van der Waals surface area contributed by atoms with Crippen molar-refractivity contribution in [2.24, 2.45) is 0 Å².